The Morgan fingerprint density at radius 2 is 1.62 bits per heavy atom. The fraction of sp³-hybridized carbons (Fsp3) is 0. The van der Waals surface area contributed by atoms with E-state index in [1.54, 1.807) is 48.5 Å². The Bertz CT molecular complexity index is 1080. The molecule has 0 aliphatic carbocycles. The van der Waals surface area contributed by atoms with E-state index < -0.39 is 11.9 Å². The molecule has 0 bridgehead atoms. The number of ether oxygens (including phenoxy) is 1. The van der Waals surface area contributed by atoms with E-state index in [1.165, 1.54) is 24.4 Å². The number of halogens is 3. The van der Waals surface area contributed by atoms with Gasteiger partial charge < -0.3 is 4.74 Å². The highest BCUT2D eigenvalue weighted by molar-refractivity contribution is 6.36. The number of hydrogen-bond donors (Lipinski definition) is 1. The number of hydrazone groups is 1. The van der Waals surface area contributed by atoms with Gasteiger partial charge in [-0.05, 0) is 66.2 Å². The molecule has 0 heterocycles. The van der Waals surface area contributed by atoms with E-state index in [4.69, 9.17) is 39.5 Å². The zero-order valence-electron chi connectivity index (χ0n) is 14.7. The summed E-state index contributed by atoms with van der Waals surface area (Å²) in [6, 6.07) is 17.6. The van der Waals surface area contributed by atoms with E-state index in [1.807, 2.05) is 0 Å². The number of esters is 1. The van der Waals surface area contributed by atoms with Crippen molar-refractivity contribution >= 4 is 52.9 Å². The third kappa shape index (κ3) is 5.81. The van der Waals surface area contributed by atoms with E-state index in [0.29, 0.717) is 26.9 Å². The molecule has 3 rings (SSSR count). The van der Waals surface area contributed by atoms with Crippen LogP contribution < -0.4 is 10.2 Å². The van der Waals surface area contributed by atoms with Crippen molar-refractivity contribution in [2.75, 3.05) is 0 Å². The maximum atomic E-state index is 12.1. The first kappa shape index (κ1) is 20.9. The normalized spacial score (nSPS) is 10.7. The highest BCUT2D eigenvalue weighted by atomic mass is 35.5. The van der Waals surface area contributed by atoms with Crippen LogP contribution in [-0.4, -0.2) is 18.1 Å². The predicted molar refractivity (Wildman–Crippen MR) is 114 cm³/mol. The number of carbonyl (C=O) groups is 2. The maximum absolute atomic E-state index is 12.1. The zero-order valence-corrected chi connectivity index (χ0v) is 17.0. The van der Waals surface area contributed by atoms with Crippen LogP contribution in [0.4, 0.5) is 0 Å². The van der Waals surface area contributed by atoms with Crippen LogP contribution in [0, 0.1) is 0 Å². The van der Waals surface area contributed by atoms with Gasteiger partial charge in [0.2, 0.25) is 0 Å². The second-order valence-corrected chi connectivity index (χ2v) is 7.07. The lowest BCUT2D eigenvalue weighted by Crippen LogP contribution is -2.18. The predicted octanol–water partition coefficient (Wildman–Crippen LogP) is 5.63. The summed E-state index contributed by atoms with van der Waals surface area (Å²) in [4.78, 5) is 24.2. The molecule has 0 spiro atoms. The molecule has 0 fully saturated rings. The molecule has 0 atom stereocenters. The largest absolute Gasteiger partial charge is 0.423 e. The SMILES string of the molecule is O=C(Oc1ccc(C=NNC(=O)c2ccc(Cl)cc2Cl)cc1)c1cccc(Cl)c1. The summed E-state index contributed by atoms with van der Waals surface area (Å²) >= 11 is 17.7. The van der Waals surface area contributed by atoms with Crippen LogP contribution >= 0.6 is 34.8 Å². The fourth-order valence-electron chi connectivity index (χ4n) is 2.30. The summed E-state index contributed by atoms with van der Waals surface area (Å²) in [7, 11) is 0. The lowest BCUT2D eigenvalue weighted by Gasteiger charge is -2.05. The number of rotatable bonds is 5. The molecule has 3 aromatic carbocycles. The monoisotopic (exact) mass is 446 g/mol. The summed E-state index contributed by atoms with van der Waals surface area (Å²) in [5, 5.41) is 5.01. The smallest absolute Gasteiger partial charge is 0.343 e. The molecule has 0 aliphatic heterocycles. The average molecular weight is 448 g/mol. The van der Waals surface area contributed by atoms with Gasteiger partial charge in [-0.3, -0.25) is 4.79 Å². The van der Waals surface area contributed by atoms with Crippen molar-refractivity contribution in [1.29, 1.82) is 0 Å². The van der Waals surface area contributed by atoms with Crippen molar-refractivity contribution in [1.82, 2.24) is 5.43 Å². The minimum Gasteiger partial charge on any atom is -0.423 e. The lowest BCUT2D eigenvalue weighted by atomic mass is 10.2. The minimum absolute atomic E-state index is 0.232. The summed E-state index contributed by atoms with van der Waals surface area (Å²) < 4.78 is 5.30. The summed E-state index contributed by atoms with van der Waals surface area (Å²) in [6.07, 6.45) is 1.45. The molecule has 1 N–H and O–H groups in total. The number of carbonyl (C=O) groups excluding carboxylic acids is 2. The Hall–Kier alpha value is -2.86. The topological polar surface area (TPSA) is 67.8 Å². The van der Waals surface area contributed by atoms with Crippen LogP contribution in [0.5, 0.6) is 5.75 Å². The first-order valence-electron chi connectivity index (χ1n) is 8.28. The Morgan fingerprint density at radius 3 is 2.31 bits per heavy atom. The van der Waals surface area contributed by atoms with Gasteiger partial charge in [0.05, 0.1) is 22.4 Å². The Labute approximate surface area is 181 Å². The molecular weight excluding hydrogens is 435 g/mol. The van der Waals surface area contributed by atoms with Crippen LogP contribution in [0.1, 0.15) is 26.3 Å². The first-order chi connectivity index (χ1) is 13.9. The lowest BCUT2D eigenvalue weighted by molar-refractivity contribution is 0.0734. The van der Waals surface area contributed by atoms with Gasteiger partial charge >= 0.3 is 5.97 Å². The summed E-state index contributed by atoms with van der Waals surface area (Å²) in [5.41, 5.74) is 3.69. The molecule has 8 heteroatoms. The molecule has 0 saturated heterocycles. The third-order valence-electron chi connectivity index (χ3n) is 3.71. The van der Waals surface area contributed by atoms with Crippen molar-refractivity contribution < 1.29 is 14.3 Å². The van der Waals surface area contributed by atoms with Crippen molar-refractivity contribution in [3.05, 3.63) is 98.5 Å². The summed E-state index contributed by atoms with van der Waals surface area (Å²) in [6.45, 7) is 0. The van der Waals surface area contributed by atoms with Gasteiger partial charge in [-0.25, -0.2) is 10.2 Å². The Kier molecular flexibility index (Phi) is 6.88. The highest BCUT2D eigenvalue weighted by Gasteiger charge is 2.10. The molecule has 0 saturated carbocycles. The van der Waals surface area contributed by atoms with Gasteiger partial charge in [0.15, 0.2) is 0 Å². The van der Waals surface area contributed by atoms with Crippen molar-refractivity contribution in [3.63, 3.8) is 0 Å². The van der Waals surface area contributed by atoms with Crippen LogP contribution in [0.3, 0.4) is 0 Å². The van der Waals surface area contributed by atoms with E-state index in [9.17, 15) is 9.59 Å². The van der Waals surface area contributed by atoms with Crippen LogP contribution in [0.15, 0.2) is 71.8 Å². The third-order valence-corrected chi connectivity index (χ3v) is 4.49. The molecule has 0 aromatic heterocycles. The van der Waals surface area contributed by atoms with Gasteiger partial charge in [0, 0.05) is 10.0 Å². The second kappa shape index (κ2) is 9.56. The van der Waals surface area contributed by atoms with Gasteiger partial charge in [-0.15, -0.1) is 0 Å². The van der Waals surface area contributed by atoms with Gasteiger partial charge in [-0.1, -0.05) is 40.9 Å². The second-order valence-electron chi connectivity index (χ2n) is 5.79. The van der Waals surface area contributed by atoms with E-state index in [2.05, 4.69) is 10.5 Å². The molecule has 1 amide bonds. The molecule has 29 heavy (non-hydrogen) atoms. The Balaban J connectivity index is 1.58. The number of nitrogens with one attached hydrogen (secondary N) is 1. The van der Waals surface area contributed by atoms with Crippen molar-refractivity contribution in [3.8, 4) is 5.75 Å². The van der Waals surface area contributed by atoms with Crippen molar-refractivity contribution in [2.24, 2.45) is 5.10 Å². The quantitative estimate of drug-likeness (QED) is 0.238. The summed E-state index contributed by atoms with van der Waals surface area (Å²) in [5.74, 6) is -0.611. The minimum atomic E-state index is -0.513. The number of benzene rings is 3. The molecule has 146 valence electrons. The fourth-order valence-corrected chi connectivity index (χ4v) is 2.99. The van der Waals surface area contributed by atoms with Crippen LogP contribution in [-0.2, 0) is 0 Å². The molecule has 0 unspecified atom stereocenters. The average Bonchev–Trinajstić information content (AvgIpc) is 2.69. The molecule has 3 aromatic rings. The van der Waals surface area contributed by atoms with Crippen LogP contribution in [0.2, 0.25) is 15.1 Å². The number of nitrogens with zero attached hydrogens (tertiary/aromatic N) is 1. The van der Waals surface area contributed by atoms with Crippen molar-refractivity contribution in [2.45, 2.75) is 0 Å². The van der Waals surface area contributed by atoms with Gasteiger partial charge in [0.1, 0.15) is 5.75 Å². The molecular formula is C21H13Cl3N2O3. The zero-order chi connectivity index (χ0) is 20.8. The van der Waals surface area contributed by atoms with Crippen LogP contribution in [0.25, 0.3) is 0 Å². The number of hydrogen-bond acceptors (Lipinski definition) is 4. The standard InChI is InChI=1S/C21H13Cl3N2O3/c22-15-3-1-2-14(10-15)21(28)29-17-7-4-13(5-8-17)12-25-26-20(27)18-9-6-16(23)11-19(18)24/h1-12H,(H,26,27). The van der Waals surface area contributed by atoms with E-state index in [-0.39, 0.29) is 10.6 Å². The highest BCUT2D eigenvalue weighted by Crippen LogP contribution is 2.21. The van der Waals surface area contributed by atoms with E-state index in [0.717, 1.165) is 0 Å². The first-order valence-corrected chi connectivity index (χ1v) is 9.42. The Morgan fingerprint density at radius 1 is 0.897 bits per heavy atom. The maximum Gasteiger partial charge on any atom is 0.343 e. The van der Waals surface area contributed by atoms with Gasteiger partial charge in [-0.2, -0.15) is 5.10 Å². The van der Waals surface area contributed by atoms with Gasteiger partial charge in [0.25, 0.3) is 5.91 Å². The molecule has 0 aliphatic rings. The van der Waals surface area contributed by atoms with E-state index >= 15 is 0 Å². The molecule has 5 nitrogen and oxygen atoms in total. The molecule has 0 radical (unpaired) electrons. The number of amides is 1.